The number of benzene rings is 2. The average Bonchev–Trinajstić information content (AvgIpc) is 3.58. The van der Waals surface area contributed by atoms with E-state index in [4.69, 9.17) is 9.47 Å². The lowest BCUT2D eigenvalue weighted by atomic mass is 10.0. The fourth-order valence-corrected chi connectivity index (χ4v) is 5.35. The summed E-state index contributed by atoms with van der Waals surface area (Å²) >= 11 is 0. The summed E-state index contributed by atoms with van der Waals surface area (Å²) in [6, 6.07) is 17.1. The van der Waals surface area contributed by atoms with Gasteiger partial charge in [0.15, 0.2) is 5.82 Å². The van der Waals surface area contributed by atoms with Crippen LogP contribution >= 0.6 is 0 Å². The number of methoxy groups -OCH3 is 2. The summed E-state index contributed by atoms with van der Waals surface area (Å²) in [5.74, 6) is 2.49. The minimum atomic E-state index is -0.0738. The molecule has 1 aliphatic heterocycles. The lowest BCUT2D eigenvalue weighted by molar-refractivity contribution is 0.0983. The largest absolute Gasteiger partial charge is 0.497 e. The van der Waals surface area contributed by atoms with Gasteiger partial charge < -0.3 is 9.47 Å². The highest BCUT2D eigenvalue weighted by molar-refractivity contribution is 5.44. The molecule has 1 saturated heterocycles. The fourth-order valence-electron chi connectivity index (χ4n) is 5.35. The van der Waals surface area contributed by atoms with Crippen LogP contribution in [0, 0.1) is 0 Å². The SMILES string of the molecule is COc1ccc([C@H](c2nnnn2C2CCCC2)N2CCN(Cc3ccccc3)CC2)c(OC)c1. The van der Waals surface area contributed by atoms with Crippen LogP contribution in [0.3, 0.4) is 0 Å². The fraction of sp³-hybridized carbons (Fsp3) is 0.500. The molecule has 1 atom stereocenters. The lowest BCUT2D eigenvalue weighted by Crippen LogP contribution is -2.48. The highest BCUT2D eigenvalue weighted by atomic mass is 16.5. The Morgan fingerprint density at radius 2 is 1.71 bits per heavy atom. The standard InChI is InChI=1S/C26H34N6O2/c1-33-22-12-13-23(24(18-22)34-2)25(26-27-28-29-32(26)21-10-6-7-11-21)31-16-14-30(15-17-31)19-20-8-4-3-5-9-20/h3-5,8-9,12-13,18,21,25H,6-7,10-11,14-17,19H2,1-2H3/t25-/m1/s1. The van der Waals surface area contributed by atoms with Gasteiger partial charge in [0.1, 0.15) is 17.5 Å². The van der Waals surface area contributed by atoms with Crippen LogP contribution in [-0.4, -0.2) is 70.4 Å². The zero-order valence-corrected chi connectivity index (χ0v) is 20.1. The predicted octanol–water partition coefficient (Wildman–Crippen LogP) is 3.71. The number of aromatic nitrogens is 4. The number of ether oxygens (including phenoxy) is 2. The smallest absolute Gasteiger partial charge is 0.173 e. The molecule has 0 bridgehead atoms. The van der Waals surface area contributed by atoms with E-state index in [2.05, 4.69) is 66.4 Å². The van der Waals surface area contributed by atoms with E-state index in [1.165, 1.54) is 18.4 Å². The Morgan fingerprint density at radius 1 is 0.941 bits per heavy atom. The molecule has 5 rings (SSSR count). The van der Waals surface area contributed by atoms with Gasteiger partial charge in [-0.2, -0.15) is 0 Å². The zero-order chi connectivity index (χ0) is 23.3. The van der Waals surface area contributed by atoms with Gasteiger partial charge in [-0.25, -0.2) is 4.68 Å². The summed E-state index contributed by atoms with van der Waals surface area (Å²) in [7, 11) is 3.39. The van der Waals surface area contributed by atoms with Crippen LogP contribution in [-0.2, 0) is 6.54 Å². The van der Waals surface area contributed by atoms with E-state index in [1.54, 1.807) is 14.2 Å². The molecule has 0 unspecified atom stereocenters. The first-order chi connectivity index (χ1) is 16.8. The number of piperazine rings is 1. The van der Waals surface area contributed by atoms with Gasteiger partial charge in [0, 0.05) is 44.4 Å². The van der Waals surface area contributed by atoms with Crippen molar-refractivity contribution in [1.82, 2.24) is 30.0 Å². The van der Waals surface area contributed by atoms with Gasteiger partial charge in [-0.15, -0.1) is 5.10 Å². The summed E-state index contributed by atoms with van der Waals surface area (Å²) in [4.78, 5) is 5.02. The monoisotopic (exact) mass is 462 g/mol. The third kappa shape index (κ3) is 4.79. The Kier molecular flexibility index (Phi) is 7.06. The van der Waals surface area contributed by atoms with Crippen molar-refractivity contribution in [1.29, 1.82) is 0 Å². The molecular weight excluding hydrogens is 428 g/mol. The maximum Gasteiger partial charge on any atom is 0.173 e. The van der Waals surface area contributed by atoms with Crippen LogP contribution in [0.15, 0.2) is 48.5 Å². The topological polar surface area (TPSA) is 68.5 Å². The van der Waals surface area contributed by atoms with Crippen molar-refractivity contribution in [2.75, 3.05) is 40.4 Å². The van der Waals surface area contributed by atoms with Crippen LogP contribution in [0.1, 0.15) is 54.7 Å². The molecule has 8 nitrogen and oxygen atoms in total. The highest BCUT2D eigenvalue weighted by Gasteiger charge is 2.34. The second-order valence-electron chi connectivity index (χ2n) is 9.23. The maximum absolute atomic E-state index is 5.83. The van der Waals surface area contributed by atoms with Crippen molar-refractivity contribution in [2.45, 2.75) is 44.3 Å². The molecule has 1 aliphatic carbocycles. The first kappa shape index (κ1) is 22.8. The Morgan fingerprint density at radius 3 is 2.41 bits per heavy atom. The Hall–Kier alpha value is -2.97. The molecule has 0 N–H and O–H groups in total. The third-order valence-electron chi connectivity index (χ3n) is 7.19. The van der Waals surface area contributed by atoms with Crippen molar-refractivity contribution < 1.29 is 9.47 Å². The average molecular weight is 463 g/mol. The quantitative estimate of drug-likeness (QED) is 0.505. The van der Waals surface area contributed by atoms with Crippen molar-refractivity contribution in [3.8, 4) is 11.5 Å². The highest BCUT2D eigenvalue weighted by Crippen LogP contribution is 2.39. The molecule has 1 saturated carbocycles. The van der Waals surface area contributed by atoms with E-state index in [0.717, 1.165) is 68.5 Å². The van der Waals surface area contributed by atoms with E-state index in [1.807, 2.05) is 12.1 Å². The molecular formula is C26H34N6O2. The predicted molar refractivity (Wildman–Crippen MR) is 130 cm³/mol. The minimum absolute atomic E-state index is 0.0738. The molecule has 2 heterocycles. The molecule has 8 heteroatoms. The van der Waals surface area contributed by atoms with E-state index >= 15 is 0 Å². The van der Waals surface area contributed by atoms with Gasteiger partial charge in [-0.05, 0) is 41.0 Å². The van der Waals surface area contributed by atoms with Crippen molar-refractivity contribution >= 4 is 0 Å². The second-order valence-corrected chi connectivity index (χ2v) is 9.23. The number of hydrogen-bond donors (Lipinski definition) is 0. The van der Waals surface area contributed by atoms with Gasteiger partial charge in [-0.3, -0.25) is 9.80 Å². The summed E-state index contributed by atoms with van der Waals surface area (Å²) in [5.41, 5.74) is 2.43. The molecule has 0 amide bonds. The lowest BCUT2D eigenvalue weighted by Gasteiger charge is -2.39. The first-order valence-electron chi connectivity index (χ1n) is 12.3. The van der Waals surface area contributed by atoms with Crippen molar-refractivity contribution in [2.24, 2.45) is 0 Å². The molecule has 2 aromatic carbocycles. The number of tetrazole rings is 1. The Labute approximate surface area is 201 Å². The van der Waals surface area contributed by atoms with Gasteiger partial charge in [0.05, 0.1) is 20.3 Å². The van der Waals surface area contributed by atoms with Crippen LogP contribution in [0.25, 0.3) is 0 Å². The summed E-state index contributed by atoms with van der Waals surface area (Å²) in [5, 5.41) is 13.2. The number of nitrogens with zero attached hydrogens (tertiary/aromatic N) is 6. The maximum atomic E-state index is 5.83. The molecule has 2 fully saturated rings. The molecule has 0 spiro atoms. The zero-order valence-electron chi connectivity index (χ0n) is 20.1. The minimum Gasteiger partial charge on any atom is -0.497 e. The molecule has 1 aromatic heterocycles. The summed E-state index contributed by atoms with van der Waals surface area (Å²) in [6.07, 6.45) is 4.74. The van der Waals surface area contributed by atoms with Gasteiger partial charge in [0.25, 0.3) is 0 Å². The van der Waals surface area contributed by atoms with E-state index in [0.29, 0.717) is 6.04 Å². The second kappa shape index (κ2) is 10.5. The van der Waals surface area contributed by atoms with Crippen LogP contribution in [0.4, 0.5) is 0 Å². The molecule has 180 valence electrons. The van der Waals surface area contributed by atoms with Crippen molar-refractivity contribution in [3.63, 3.8) is 0 Å². The van der Waals surface area contributed by atoms with E-state index in [-0.39, 0.29) is 6.04 Å². The molecule has 34 heavy (non-hydrogen) atoms. The normalized spacial score (nSPS) is 18.8. The van der Waals surface area contributed by atoms with E-state index < -0.39 is 0 Å². The Bertz CT molecular complexity index is 1060. The van der Waals surface area contributed by atoms with Gasteiger partial charge >= 0.3 is 0 Å². The van der Waals surface area contributed by atoms with Crippen molar-refractivity contribution in [3.05, 3.63) is 65.5 Å². The van der Waals surface area contributed by atoms with E-state index in [9.17, 15) is 0 Å². The van der Waals surface area contributed by atoms with Crippen LogP contribution < -0.4 is 9.47 Å². The Balaban J connectivity index is 1.43. The third-order valence-corrected chi connectivity index (χ3v) is 7.19. The summed E-state index contributed by atoms with van der Waals surface area (Å²) < 4.78 is 13.4. The summed E-state index contributed by atoms with van der Waals surface area (Å²) in [6.45, 7) is 4.84. The van der Waals surface area contributed by atoms with Crippen LogP contribution in [0.2, 0.25) is 0 Å². The molecule has 2 aliphatic rings. The number of hydrogen-bond acceptors (Lipinski definition) is 7. The molecule has 0 radical (unpaired) electrons. The number of rotatable bonds is 8. The molecule has 3 aromatic rings. The van der Waals surface area contributed by atoms with Gasteiger partial charge in [0.2, 0.25) is 0 Å². The first-order valence-corrected chi connectivity index (χ1v) is 12.3. The van der Waals surface area contributed by atoms with Gasteiger partial charge in [-0.1, -0.05) is 43.2 Å². The van der Waals surface area contributed by atoms with Crippen LogP contribution in [0.5, 0.6) is 11.5 Å².